The van der Waals surface area contributed by atoms with Crippen LogP contribution in [-0.2, 0) is 4.79 Å². The van der Waals surface area contributed by atoms with Gasteiger partial charge in [-0.05, 0) is 26.0 Å². The Morgan fingerprint density at radius 2 is 2.38 bits per heavy atom. The van der Waals surface area contributed by atoms with Crippen LogP contribution in [-0.4, -0.2) is 36.5 Å². The zero-order chi connectivity index (χ0) is 10.1. The van der Waals surface area contributed by atoms with Crippen molar-refractivity contribution in [2.24, 2.45) is 0 Å². The fourth-order valence-electron chi connectivity index (χ4n) is 1.68. The molecule has 1 atom stereocenters. The summed E-state index contributed by atoms with van der Waals surface area (Å²) in [6.45, 7) is 9.56. The number of nitrogens with zero attached hydrogens (tertiary/aromatic N) is 1. The first kappa shape index (κ1) is 10.3. The van der Waals surface area contributed by atoms with Gasteiger partial charge in [0.05, 0.1) is 0 Å². The van der Waals surface area contributed by atoms with E-state index in [0.717, 1.165) is 25.1 Å². The topological polar surface area (TPSA) is 32.3 Å². The smallest absolute Gasteiger partial charge is 0.244 e. The highest BCUT2D eigenvalue weighted by molar-refractivity contribution is 5.90. The van der Waals surface area contributed by atoms with Gasteiger partial charge in [0, 0.05) is 13.1 Å². The molecule has 0 aromatic carbocycles. The summed E-state index contributed by atoms with van der Waals surface area (Å²) in [5.74, 6) is 0.0769. The lowest BCUT2D eigenvalue weighted by atomic mass is 9.87. The van der Waals surface area contributed by atoms with Gasteiger partial charge in [0.1, 0.15) is 5.54 Å². The molecule has 74 valence electrons. The average molecular weight is 182 g/mol. The molecule has 1 aliphatic heterocycles. The summed E-state index contributed by atoms with van der Waals surface area (Å²) >= 11 is 0. The maximum absolute atomic E-state index is 11.7. The predicted molar refractivity (Wildman–Crippen MR) is 53.5 cm³/mol. The van der Waals surface area contributed by atoms with Gasteiger partial charge in [-0.3, -0.25) is 9.69 Å². The van der Waals surface area contributed by atoms with Crippen molar-refractivity contribution in [1.82, 2.24) is 10.2 Å². The average Bonchev–Trinajstić information content (AvgIpc) is 2.12. The summed E-state index contributed by atoms with van der Waals surface area (Å²) in [5, 5.41) is 2.88. The van der Waals surface area contributed by atoms with Gasteiger partial charge >= 0.3 is 0 Å². The summed E-state index contributed by atoms with van der Waals surface area (Å²) in [4.78, 5) is 13.8. The fourth-order valence-corrected chi connectivity index (χ4v) is 1.68. The van der Waals surface area contributed by atoms with E-state index in [0.29, 0.717) is 0 Å². The van der Waals surface area contributed by atoms with Crippen LogP contribution >= 0.6 is 0 Å². The number of amides is 1. The SMILES string of the molecule is C=C(CC)C1(C)C(=O)NCCN1C. The Morgan fingerprint density at radius 1 is 1.77 bits per heavy atom. The van der Waals surface area contributed by atoms with Crippen LogP contribution in [0.15, 0.2) is 12.2 Å². The lowest BCUT2D eigenvalue weighted by molar-refractivity contribution is -0.132. The van der Waals surface area contributed by atoms with Crippen molar-refractivity contribution in [2.75, 3.05) is 20.1 Å². The molecule has 1 unspecified atom stereocenters. The van der Waals surface area contributed by atoms with Crippen LogP contribution in [0, 0.1) is 0 Å². The molecule has 1 N–H and O–H groups in total. The third-order valence-electron chi connectivity index (χ3n) is 3.05. The van der Waals surface area contributed by atoms with Crippen LogP contribution in [0.25, 0.3) is 0 Å². The van der Waals surface area contributed by atoms with Crippen LogP contribution in [0.3, 0.4) is 0 Å². The first-order chi connectivity index (χ1) is 6.03. The number of hydrogen-bond donors (Lipinski definition) is 1. The Hall–Kier alpha value is -0.830. The molecule has 0 radical (unpaired) electrons. The summed E-state index contributed by atoms with van der Waals surface area (Å²) in [7, 11) is 1.97. The number of nitrogens with one attached hydrogen (secondary N) is 1. The lowest BCUT2D eigenvalue weighted by Crippen LogP contribution is -2.62. The van der Waals surface area contributed by atoms with Crippen molar-refractivity contribution in [3.8, 4) is 0 Å². The monoisotopic (exact) mass is 182 g/mol. The Balaban J connectivity index is 2.94. The second-order valence-corrected chi connectivity index (χ2v) is 3.71. The Kier molecular flexibility index (Phi) is 2.76. The van der Waals surface area contributed by atoms with Crippen molar-refractivity contribution in [3.63, 3.8) is 0 Å². The molecule has 1 amide bonds. The minimum Gasteiger partial charge on any atom is -0.353 e. The zero-order valence-corrected chi connectivity index (χ0v) is 8.68. The zero-order valence-electron chi connectivity index (χ0n) is 8.68. The molecule has 1 rings (SSSR count). The highest BCUT2D eigenvalue weighted by atomic mass is 16.2. The highest BCUT2D eigenvalue weighted by Gasteiger charge is 2.41. The number of rotatable bonds is 2. The van der Waals surface area contributed by atoms with Crippen LogP contribution in [0.5, 0.6) is 0 Å². The van der Waals surface area contributed by atoms with Crippen molar-refractivity contribution < 1.29 is 4.79 Å². The molecule has 1 fully saturated rings. The largest absolute Gasteiger partial charge is 0.353 e. The summed E-state index contributed by atoms with van der Waals surface area (Å²) < 4.78 is 0. The molecule has 0 bridgehead atoms. The maximum Gasteiger partial charge on any atom is 0.244 e. The van der Waals surface area contributed by atoms with Crippen LogP contribution < -0.4 is 5.32 Å². The molecule has 3 heteroatoms. The summed E-state index contributed by atoms with van der Waals surface area (Å²) in [6.07, 6.45) is 0.842. The molecular weight excluding hydrogens is 164 g/mol. The first-order valence-electron chi connectivity index (χ1n) is 4.71. The van der Waals surface area contributed by atoms with Gasteiger partial charge in [-0.1, -0.05) is 13.5 Å². The van der Waals surface area contributed by atoms with E-state index in [9.17, 15) is 4.79 Å². The molecule has 0 spiro atoms. The van der Waals surface area contributed by atoms with Gasteiger partial charge in [-0.2, -0.15) is 0 Å². The maximum atomic E-state index is 11.7. The molecule has 13 heavy (non-hydrogen) atoms. The van der Waals surface area contributed by atoms with E-state index in [2.05, 4.69) is 16.8 Å². The van der Waals surface area contributed by atoms with Crippen molar-refractivity contribution >= 4 is 5.91 Å². The van der Waals surface area contributed by atoms with Gasteiger partial charge < -0.3 is 5.32 Å². The molecule has 1 heterocycles. The minimum absolute atomic E-state index is 0.0769. The molecule has 3 nitrogen and oxygen atoms in total. The molecule has 0 saturated carbocycles. The van der Waals surface area contributed by atoms with Gasteiger partial charge in [0.2, 0.25) is 5.91 Å². The minimum atomic E-state index is -0.507. The number of piperazine rings is 1. The van der Waals surface area contributed by atoms with E-state index in [1.807, 2.05) is 20.9 Å². The van der Waals surface area contributed by atoms with Crippen LogP contribution in [0.2, 0.25) is 0 Å². The van der Waals surface area contributed by atoms with Crippen LogP contribution in [0.4, 0.5) is 0 Å². The standard InChI is InChI=1S/C10H18N2O/c1-5-8(2)10(3)9(13)11-6-7-12(10)4/h2,5-7H2,1,3-4H3,(H,11,13). The van der Waals surface area contributed by atoms with Crippen molar-refractivity contribution in [3.05, 3.63) is 12.2 Å². The molecular formula is C10H18N2O. The highest BCUT2D eigenvalue weighted by Crippen LogP contribution is 2.26. The Morgan fingerprint density at radius 3 is 2.85 bits per heavy atom. The Labute approximate surface area is 79.8 Å². The number of carbonyl (C=O) groups excluding carboxylic acids is 1. The Bertz CT molecular complexity index is 227. The second-order valence-electron chi connectivity index (χ2n) is 3.71. The van der Waals surface area contributed by atoms with E-state index < -0.39 is 5.54 Å². The fraction of sp³-hybridized carbons (Fsp3) is 0.700. The molecule has 1 saturated heterocycles. The second kappa shape index (κ2) is 3.50. The number of likely N-dealkylation sites (N-methyl/N-ethyl adjacent to an activating group) is 1. The lowest BCUT2D eigenvalue weighted by Gasteiger charge is -2.42. The van der Waals surface area contributed by atoms with E-state index in [4.69, 9.17) is 0 Å². The third kappa shape index (κ3) is 1.48. The van der Waals surface area contributed by atoms with Gasteiger partial charge in [0.15, 0.2) is 0 Å². The predicted octanol–water partition coefficient (Wildman–Crippen LogP) is 0.773. The normalized spacial score (nSPS) is 29.9. The van der Waals surface area contributed by atoms with Gasteiger partial charge in [-0.25, -0.2) is 0 Å². The molecule has 1 aliphatic rings. The molecule has 0 aromatic heterocycles. The van der Waals surface area contributed by atoms with E-state index in [1.54, 1.807) is 0 Å². The molecule has 0 aliphatic carbocycles. The third-order valence-corrected chi connectivity index (χ3v) is 3.05. The van der Waals surface area contributed by atoms with Crippen molar-refractivity contribution in [2.45, 2.75) is 25.8 Å². The molecule has 0 aromatic rings. The van der Waals surface area contributed by atoms with Crippen LogP contribution in [0.1, 0.15) is 20.3 Å². The van der Waals surface area contributed by atoms with E-state index in [1.165, 1.54) is 0 Å². The summed E-state index contributed by atoms with van der Waals surface area (Å²) in [5.41, 5.74) is 0.472. The quantitative estimate of drug-likeness (QED) is 0.640. The first-order valence-corrected chi connectivity index (χ1v) is 4.71. The van der Waals surface area contributed by atoms with Crippen molar-refractivity contribution in [1.29, 1.82) is 0 Å². The number of carbonyl (C=O) groups is 1. The number of hydrogen-bond acceptors (Lipinski definition) is 2. The van der Waals surface area contributed by atoms with Gasteiger partial charge in [-0.15, -0.1) is 0 Å². The van der Waals surface area contributed by atoms with Gasteiger partial charge in [0.25, 0.3) is 0 Å². The van der Waals surface area contributed by atoms with E-state index in [-0.39, 0.29) is 5.91 Å². The van der Waals surface area contributed by atoms with E-state index >= 15 is 0 Å². The summed E-state index contributed by atoms with van der Waals surface area (Å²) in [6, 6.07) is 0.